The third-order valence-electron chi connectivity index (χ3n) is 8.72. The zero-order chi connectivity index (χ0) is 29.4. The van der Waals surface area contributed by atoms with Gasteiger partial charge >= 0.3 is 6.03 Å². The molecule has 0 bridgehead atoms. The van der Waals surface area contributed by atoms with Crippen molar-refractivity contribution < 1.29 is 9.59 Å². The number of urea groups is 1. The van der Waals surface area contributed by atoms with Crippen molar-refractivity contribution in [3.8, 4) is 0 Å². The third kappa shape index (κ3) is 5.38. The van der Waals surface area contributed by atoms with E-state index in [1.165, 1.54) is 11.3 Å². The van der Waals surface area contributed by atoms with E-state index in [1.54, 1.807) is 9.80 Å². The summed E-state index contributed by atoms with van der Waals surface area (Å²) in [5.41, 5.74) is 6.13. The Bertz CT molecular complexity index is 1490. The lowest BCUT2D eigenvalue weighted by Crippen LogP contribution is -2.53. The van der Waals surface area contributed by atoms with E-state index >= 15 is 0 Å². The Hall–Kier alpha value is -4.18. The monoisotopic (exact) mass is 568 g/mol. The fraction of sp³-hybridized carbons (Fsp3) is 0.438. The average Bonchev–Trinajstić information content (AvgIpc) is 3.47. The summed E-state index contributed by atoms with van der Waals surface area (Å²) in [5, 5.41) is 3.38. The summed E-state index contributed by atoms with van der Waals surface area (Å²) in [6.07, 6.45) is 2.98. The summed E-state index contributed by atoms with van der Waals surface area (Å²) in [6.45, 7) is 11.7. The topological polar surface area (TPSA) is 88.1 Å². The van der Waals surface area contributed by atoms with Crippen LogP contribution in [0.4, 0.5) is 33.6 Å². The van der Waals surface area contributed by atoms with Gasteiger partial charge in [0.2, 0.25) is 11.9 Å². The number of carbonyl (C=O) groups excluding carboxylic acids is 2. The largest absolute Gasteiger partial charge is 0.369 e. The molecule has 10 nitrogen and oxygen atoms in total. The Labute approximate surface area is 247 Å². The Morgan fingerprint density at radius 2 is 1.79 bits per heavy atom. The molecule has 10 heteroatoms. The lowest BCUT2D eigenvalue weighted by atomic mass is 10.1. The molecule has 3 aliphatic rings. The number of hydrogen-bond donors (Lipinski definition) is 1. The second kappa shape index (κ2) is 11.6. The minimum Gasteiger partial charge on any atom is -0.369 e. The third-order valence-corrected chi connectivity index (χ3v) is 8.72. The van der Waals surface area contributed by atoms with Crippen LogP contribution in [0, 0.1) is 13.8 Å². The Balaban J connectivity index is 1.29. The number of aromatic nitrogens is 2. The molecule has 2 fully saturated rings. The minimum absolute atomic E-state index is 0.110. The number of hydrogen-bond acceptors (Lipinski definition) is 7. The molecule has 2 aromatic carbocycles. The molecular formula is C32H40N8O2. The normalized spacial score (nSPS) is 19.3. The maximum Gasteiger partial charge on any atom is 0.330 e. The maximum absolute atomic E-state index is 14.2. The SMILES string of the molecule is CCC(=O)N1CC[C@H](N2C(=O)N(c3ccccc3C)Cc3cnc(Nc4ccc(N5CCN(C)CC5)c(C)c4)nc32)C1. The molecule has 1 atom stereocenters. The van der Waals surface area contributed by atoms with Crippen molar-refractivity contribution in [2.45, 2.75) is 46.2 Å². The van der Waals surface area contributed by atoms with Gasteiger partial charge in [-0.15, -0.1) is 0 Å². The number of benzene rings is 2. The second-order valence-corrected chi connectivity index (χ2v) is 11.6. The highest BCUT2D eigenvalue weighted by molar-refractivity contribution is 6.06. The second-order valence-electron chi connectivity index (χ2n) is 11.6. The smallest absolute Gasteiger partial charge is 0.330 e. The van der Waals surface area contributed by atoms with Crippen LogP contribution in [0.25, 0.3) is 0 Å². The van der Waals surface area contributed by atoms with Gasteiger partial charge in [-0.25, -0.2) is 9.78 Å². The number of amides is 3. The van der Waals surface area contributed by atoms with E-state index in [4.69, 9.17) is 4.98 Å². The van der Waals surface area contributed by atoms with Crippen molar-refractivity contribution in [3.05, 3.63) is 65.4 Å². The lowest BCUT2D eigenvalue weighted by Gasteiger charge is -2.39. The van der Waals surface area contributed by atoms with E-state index in [-0.39, 0.29) is 18.0 Å². The first-order chi connectivity index (χ1) is 20.3. The predicted octanol–water partition coefficient (Wildman–Crippen LogP) is 4.55. The van der Waals surface area contributed by atoms with Gasteiger partial charge in [-0.1, -0.05) is 25.1 Å². The number of aryl methyl sites for hydroxylation is 2. The quantitative estimate of drug-likeness (QED) is 0.467. The average molecular weight is 569 g/mol. The fourth-order valence-electron chi connectivity index (χ4n) is 6.29. The van der Waals surface area contributed by atoms with Crippen LogP contribution in [0.3, 0.4) is 0 Å². The number of nitrogens with zero attached hydrogens (tertiary/aromatic N) is 7. The molecule has 3 aromatic rings. The van der Waals surface area contributed by atoms with Gasteiger partial charge in [-0.05, 0) is 62.7 Å². The molecule has 0 saturated carbocycles. The number of piperazine rings is 1. The van der Waals surface area contributed by atoms with Crippen molar-refractivity contribution in [1.29, 1.82) is 0 Å². The van der Waals surface area contributed by atoms with Gasteiger partial charge in [0.15, 0.2) is 0 Å². The van der Waals surface area contributed by atoms with Crippen LogP contribution in [-0.2, 0) is 11.3 Å². The summed E-state index contributed by atoms with van der Waals surface area (Å²) in [4.78, 5) is 46.5. The molecule has 0 radical (unpaired) electrons. The van der Waals surface area contributed by atoms with Gasteiger partial charge in [0.25, 0.3) is 0 Å². The van der Waals surface area contributed by atoms with E-state index in [9.17, 15) is 9.59 Å². The summed E-state index contributed by atoms with van der Waals surface area (Å²) in [6, 6.07) is 14.0. The molecule has 0 aliphatic carbocycles. The molecule has 2 saturated heterocycles. The number of para-hydroxylation sites is 1. The van der Waals surface area contributed by atoms with Crippen LogP contribution < -0.4 is 20.0 Å². The number of nitrogens with one attached hydrogen (secondary N) is 1. The Morgan fingerprint density at radius 1 is 1.00 bits per heavy atom. The van der Waals surface area contributed by atoms with Gasteiger partial charge < -0.3 is 20.0 Å². The number of fused-ring (bicyclic) bond motifs is 1. The zero-order valence-corrected chi connectivity index (χ0v) is 25.0. The first kappa shape index (κ1) is 28.0. The summed E-state index contributed by atoms with van der Waals surface area (Å²) in [5.74, 6) is 1.17. The van der Waals surface area contributed by atoms with Gasteiger partial charge in [-0.3, -0.25) is 14.6 Å². The molecule has 0 unspecified atom stereocenters. The number of likely N-dealkylation sites (tertiary alicyclic amines) is 1. The summed E-state index contributed by atoms with van der Waals surface area (Å²) < 4.78 is 0. The Morgan fingerprint density at radius 3 is 2.52 bits per heavy atom. The van der Waals surface area contributed by atoms with E-state index < -0.39 is 0 Å². The van der Waals surface area contributed by atoms with Crippen LogP contribution in [0.1, 0.15) is 36.5 Å². The summed E-state index contributed by atoms with van der Waals surface area (Å²) >= 11 is 0. The van der Waals surface area contributed by atoms with Crippen molar-refractivity contribution in [2.24, 2.45) is 0 Å². The van der Waals surface area contributed by atoms with Crippen molar-refractivity contribution in [3.63, 3.8) is 0 Å². The number of likely N-dealkylation sites (N-methyl/N-ethyl adjacent to an activating group) is 1. The molecule has 4 heterocycles. The molecule has 3 aliphatic heterocycles. The fourth-order valence-corrected chi connectivity index (χ4v) is 6.29. The van der Waals surface area contributed by atoms with E-state index in [2.05, 4.69) is 52.3 Å². The molecule has 3 amide bonds. The van der Waals surface area contributed by atoms with Crippen molar-refractivity contribution in [2.75, 3.05) is 66.3 Å². The van der Waals surface area contributed by atoms with Gasteiger partial charge in [0, 0.05) is 74.5 Å². The van der Waals surface area contributed by atoms with Crippen LogP contribution in [0.5, 0.6) is 0 Å². The lowest BCUT2D eigenvalue weighted by molar-refractivity contribution is -0.129. The molecule has 42 heavy (non-hydrogen) atoms. The standard InChI is InChI=1S/C32H40N8O2/c1-5-29(41)38-13-12-26(21-38)40-30-24(20-39(32(40)42)28-9-7-6-8-22(28)2)19-33-31(35-30)34-25-10-11-27(23(3)18-25)37-16-14-36(4)15-17-37/h6-11,18-19,26H,5,12-17,20-21H2,1-4H3,(H,33,34,35)/t26-/m0/s1. The van der Waals surface area contributed by atoms with Gasteiger partial charge in [-0.2, -0.15) is 4.98 Å². The molecular weight excluding hydrogens is 528 g/mol. The van der Waals surface area contributed by atoms with Crippen LogP contribution in [0.2, 0.25) is 0 Å². The first-order valence-electron chi connectivity index (χ1n) is 14.9. The molecule has 0 spiro atoms. The molecule has 220 valence electrons. The highest BCUT2D eigenvalue weighted by Gasteiger charge is 2.41. The van der Waals surface area contributed by atoms with Crippen molar-refractivity contribution >= 4 is 40.8 Å². The molecule has 1 aromatic heterocycles. The zero-order valence-electron chi connectivity index (χ0n) is 25.0. The predicted molar refractivity (Wildman–Crippen MR) is 167 cm³/mol. The maximum atomic E-state index is 14.2. The summed E-state index contributed by atoms with van der Waals surface area (Å²) in [7, 11) is 2.16. The molecule has 6 rings (SSSR count). The Kier molecular flexibility index (Phi) is 7.72. The van der Waals surface area contributed by atoms with E-state index in [0.717, 1.165) is 48.7 Å². The number of rotatable bonds is 6. The van der Waals surface area contributed by atoms with Gasteiger partial charge in [0.05, 0.1) is 12.6 Å². The van der Waals surface area contributed by atoms with Crippen LogP contribution in [0.15, 0.2) is 48.7 Å². The van der Waals surface area contributed by atoms with Gasteiger partial charge in [0.1, 0.15) is 5.82 Å². The first-order valence-corrected chi connectivity index (χ1v) is 14.9. The van der Waals surface area contributed by atoms with Crippen molar-refractivity contribution in [1.82, 2.24) is 19.8 Å². The van der Waals surface area contributed by atoms with Crippen LogP contribution >= 0.6 is 0 Å². The number of carbonyl (C=O) groups is 2. The van der Waals surface area contributed by atoms with E-state index in [1.807, 2.05) is 49.2 Å². The highest BCUT2D eigenvalue weighted by atomic mass is 16.2. The highest BCUT2D eigenvalue weighted by Crippen LogP contribution is 2.36. The number of anilines is 5. The minimum atomic E-state index is -0.161. The van der Waals surface area contributed by atoms with Crippen LogP contribution in [-0.4, -0.2) is 84.1 Å². The van der Waals surface area contributed by atoms with E-state index in [0.29, 0.717) is 44.2 Å². The molecule has 1 N–H and O–H groups in total.